The van der Waals surface area contributed by atoms with E-state index in [0.29, 0.717) is 17.1 Å². The van der Waals surface area contributed by atoms with Crippen molar-refractivity contribution >= 4 is 44.2 Å². The second-order valence-electron chi connectivity index (χ2n) is 9.07. The summed E-state index contributed by atoms with van der Waals surface area (Å²) in [5.74, 6) is 0.368. The van der Waals surface area contributed by atoms with Crippen LogP contribution in [0.2, 0.25) is 0 Å². The summed E-state index contributed by atoms with van der Waals surface area (Å²) in [5.41, 5.74) is 3.78. The summed E-state index contributed by atoms with van der Waals surface area (Å²) in [5, 5.41) is 0.930. The lowest BCUT2D eigenvalue weighted by atomic mass is 9.95. The Bertz CT molecular complexity index is 1420. The normalized spacial score (nSPS) is 11.9. The summed E-state index contributed by atoms with van der Waals surface area (Å²) in [6.07, 6.45) is 0. The highest BCUT2D eigenvalue weighted by Gasteiger charge is 2.32. The highest BCUT2D eigenvalue weighted by atomic mass is 79.9. The number of carbonyl (C=O) groups is 2. The number of carbonyl (C=O) groups excluding carboxylic acids is 2. The van der Waals surface area contributed by atoms with Gasteiger partial charge in [-0.2, -0.15) is 0 Å². The van der Waals surface area contributed by atoms with E-state index in [-0.39, 0.29) is 18.2 Å². The zero-order valence-electron chi connectivity index (χ0n) is 22.1. The Morgan fingerprint density at radius 2 is 1.63 bits per heavy atom. The van der Waals surface area contributed by atoms with Crippen LogP contribution in [-0.4, -0.2) is 48.3 Å². The van der Waals surface area contributed by atoms with Crippen LogP contribution in [0.4, 0.5) is 5.69 Å². The van der Waals surface area contributed by atoms with E-state index in [4.69, 9.17) is 9.72 Å². The van der Waals surface area contributed by atoms with Crippen molar-refractivity contribution in [1.29, 1.82) is 0 Å². The summed E-state index contributed by atoms with van der Waals surface area (Å²) in [6, 6.07) is 24.5. The summed E-state index contributed by atoms with van der Waals surface area (Å²) < 4.78 is 6.75. The van der Waals surface area contributed by atoms with Gasteiger partial charge in [-0.3, -0.25) is 19.4 Å². The van der Waals surface area contributed by atoms with Gasteiger partial charge in [-0.15, -0.1) is 0 Å². The van der Waals surface area contributed by atoms with Crippen LogP contribution in [0.1, 0.15) is 48.3 Å². The Morgan fingerprint density at radius 3 is 2.24 bits per heavy atom. The molecule has 0 N–H and O–H groups in total. The van der Waals surface area contributed by atoms with Crippen molar-refractivity contribution in [3.63, 3.8) is 0 Å². The maximum Gasteiger partial charge on any atom is 0.242 e. The van der Waals surface area contributed by atoms with Crippen molar-refractivity contribution in [2.75, 3.05) is 31.6 Å². The smallest absolute Gasteiger partial charge is 0.242 e. The standard InChI is InChI=1S/C31H32BrN3O3/c1-5-34(6-2)20-29(37)35(26-15-12-22(13-16-26)21(3)36)30(23-10-8-7-9-11-23)27-19-24-18-25(32)14-17-28(24)33-31(27)38-4/h7-19,30H,5-6,20H2,1-4H3. The number of halogens is 1. The summed E-state index contributed by atoms with van der Waals surface area (Å²) in [4.78, 5) is 34.8. The minimum Gasteiger partial charge on any atom is -0.481 e. The van der Waals surface area contributed by atoms with Gasteiger partial charge in [0.15, 0.2) is 5.78 Å². The van der Waals surface area contributed by atoms with Crippen molar-refractivity contribution in [2.24, 2.45) is 0 Å². The number of hydrogen-bond acceptors (Lipinski definition) is 5. The van der Waals surface area contributed by atoms with Gasteiger partial charge in [0.25, 0.3) is 0 Å². The van der Waals surface area contributed by atoms with Crippen LogP contribution >= 0.6 is 15.9 Å². The van der Waals surface area contributed by atoms with E-state index in [9.17, 15) is 9.59 Å². The number of rotatable bonds is 10. The number of pyridine rings is 1. The van der Waals surface area contributed by atoms with Crippen LogP contribution in [0.5, 0.6) is 5.88 Å². The molecule has 3 aromatic carbocycles. The van der Waals surface area contributed by atoms with Crippen LogP contribution < -0.4 is 9.64 Å². The minimum absolute atomic E-state index is 0.0249. The van der Waals surface area contributed by atoms with Crippen molar-refractivity contribution in [3.8, 4) is 5.88 Å². The number of aromatic nitrogens is 1. The monoisotopic (exact) mass is 573 g/mol. The van der Waals surface area contributed by atoms with Gasteiger partial charge in [0, 0.05) is 26.7 Å². The predicted octanol–water partition coefficient (Wildman–Crippen LogP) is 6.67. The molecule has 0 aliphatic carbocycles. The van der Waals surface area contributed by atoms with Crippen LogP contribution in [0.15, 0.2) is 83.3 Å². The number of Topliss-reactive ketones (excluding diaryl/α,β-unsaturated/α-hetero) is 1. The Kier molecular flexibility index (Phi) is 8.92. The Labute approximate surface area is 232 Å². The largest absolute Gasteiger partial charge is 0.481 e. The SMILES string of the molecule is CCN(CC)CC(=O)N(c1ccc(C(C)=O)cc1)C(c1ccccc1)c1cc2cc(Br)ccc2nc1OC. The highest BCUT2D eigenvalue weighted by molar-refractivity contribution is 9.10. The molecule has 4 rings (SSSR count). The fourth-order valence-corrected chi connectivity index (χ4v) is 5.00. The average molecular weight is 575 g/mol. The van der Waals surface area contributed by atoms with Gasteiger partial charge in [0.2, 0.25) is 11.8 Å². The lowest BCUT2D eigenvalue weighted by Gasteiger charge is -2.35. The van der Waals surface area contributed by atoms with Gasteiger partial charge in [-0.25, -0.2) is 4.98 Å². The summed E-state index contributed by atoms with van der Waals surface area (Å²) in [6.45, 7) is 7.39. The van der Waals surface area contributed by atoms with Gasteiger partial charge in [-0.05, 0) is 74.1 Å². The molecule has 0 aliphatic heterocycles. The third kappa shape index (κ3) is 5.95. The zero-order chi connectivity index (χ0) is 27.2. The van der Waals surface area contributed by atoms with Crippen LogP contribution in [0.3, 0.4) is 0 Å². The first-order valence-electron chi connectivity index (χ1n) is 12.7. The summed E-state index contributed by atoms with van der Waals surface area (Å²) in [7, 11) is 1.60. The number of ketones is 1. The number of anilines is 1. The van der Waals surface area contributed by atoms with E-state index in [1.165, 1.54) is 6.92 Å². The predicted molar refractivity (Wildman–Crippen MR) is 156 cm³/mol. The molecule has 1 aromatic heterocycles. The lowest BCUT2D eigenvalue weighted by molar-refractivity contribution is -0.120. The van der Waals surface area contributed by atoms with E-state index in [2.05, 4.69) is 20.8 Å². The number of methoxy groups -OCH3 is 1. The molecule has 0 radical (unpaired) electrons. The number of ether oxygens (including phenoxy) is 1. The second kappa shape index (κ2) is 12.3. The number of likely N-dealkylation sites (N-methyl/N-ethyl adjacent to an activating group) is 1. The lowest BCUT2D eigenvalue weighted by Crippen LogP contribution is -2.43. The first-order chi connectivity index (χ1) is 18.4. The molecule has 1 unspecified atom stereocenters. The molecule has 1 atom stereocenters. The maximum absolute atomic E-state index is 14.1. The van der Waals surface area contributed by atoms with Crippen molar-refractivity contribution < 1.29 is 14.3 Å². The Hall–Kier alpha value is -3.55. The van der Waals surface area contributed by atoms with Crippen molar-refractivity contribution in [2.45, 2.75) is 26.8 Å². The molecule has 0 saturated heterocycles. The quantitative estimate of drug-likeness (QED) is 0.198. The second-order valence-corrected chi connectivity index (χ2v) is 9.98. The first kappa shape index (κ1) is 27.5. The van der Waals surface area contributed by atoms with Crippen LogP contribution in [0, 0.1) is 0 Å². The molecule has 6 nitrogen and oxygen atoms in total. The molecular weight excluding hydrogens is 542 g/mol. The molecule has 1 amide bonds. The molecule has 0 aliphatic rings. The van der Waals surface area contributed by atoms with Gasteiger partial charge in [0.05, 0.1) is 25.2 Å². The van der Waals surface area contributed by atoms with Crippen LogP contribution in [0.25, 0.3) is 10.9 Å². The molecule has 196 valence electrons. The third-order valence-corrected chi connectivity index (χ3v) is 7.20. The fraction of sp³-hybridized carbons (Fsp3) is 0.258. The van der Waals surface area contributed by atoms with E-state index in [0.717, 1.165) is 39.6 Å². The van der Waals surface area contributed by atoms with Crippen molar-refractivity contribution in [1.82, 2.24) is 9.88 Å². The molecule has 4 aromatic rings. The minimum atomic E-state index is -0.520. The third-order valence-electron chi connectivity index (χ3n) is 6.70. The van der Waals surface area contributed by atoms with Crippen LogP contribution in [-0.2, 0) is 4.79 Å². The Morgan fingerprint density at radius 1 is 0.947 bits per heavy atom. The zero-order valence-corrected chi connectivity index (χ0v) is 23.7. The number of benzene rings is 3. The molecule has 0 spiro atoms. The molecule has 38 heavy (non-hydrogen) atoms. The maximum atomic E-state index is 14.1. The number of fused-ring (bicyclic) bond motifs is 1. The Balaban J connectivity index is 1.97. The fourth-order valence-electron chi connectivity index (χ4n) is 4.62. The molecule has 0 saturated carbocycles. The topological polar surface area (TPSA) is 62.7 Å². The number of hydrogen-bond donors (Lipinski definition) is 0. The molecular formula is C31H32BrN3O3. The van der Waals surface area contributed by atoms with Gasteiger partial charge in [0.1, 0.15) is 0 Å². The molecule has 0 fully saturated rings. The van der Waals surface area contributed by atoms with Gasteiger partial charge >= 0.3 is 0 Å². The molecule has 1 heterocycles. The number of amides is 1. The highest BCUT2D eigenvalue weighted by Crippen LogP contribution is 2.39. The van der Waals surface area contributed by atoms with E-state index in [1.54, 1.807) is 24.1 Å². The van der Waals surface area contributed by atoms with E-state index < -0.39 is 6.04 Å². The van der Waals surface area contributed by atoms with E-state index in [1.807, 2.05) is 80.6 Å². The van der Waals surface area contributed by atoms with Gasteiger partial charge in [-0.1, -0.05) is 60.1 Å². The summed E-state index contributed by atoms with van der Waals surface area (Å²) >= 11 is 3.57. The molecule has 0 bridgehead atoms. The average Bonchev–Trinajstić information content (AvgIpc) is 2.94. The van der Waals surface area contributed by atoms with Gasteiger partial charge < -0.3 is 4.74 Å². The van der Waals surface area contributed by atoms with E-state index >= 15 is 0 Å². The first-order valence-corrected chi connectivity index (χ1v) is 13.5. The molecule has 7 heteroatoms. The number of nitrogens with zero attached hydrogens (tertiary/aromatic N) is 3. The van der Waals surface area contributed by atoms with Crippen molar-refractivity contribution in [3.05, 3.63) is 100 Å².